The minimum absolute atomic E-state index is 0.0154. The zero-order valence-electron chi connectivity index (χ0n) is 18.2. The summed E-state index contributed by atoms with van der Waals surface area (Å²) >= 11 is 0. The Labute approximate surface area is 191 Å². The van der Waals surface area contributed by atoms with Gasteiger partial charge in [0.05, 0.1) is 23.0 Å². The number of rotatable bonds is 7. The summed E-state index contributed by atoms with van der Waals surface area (Å²) in [6.07, 6.45) is 4.01. The summed E-state index contributed by atoms with van der Waals surface area (Å²) in [6, 6.07) is 13.5. The summed E-state index contributed by atoms with van der Waals surface area (Å²) in [5.41, 5.74) is 4.71. The van der Waals surface area contributed by atoms with Crippen molar-refractivity contribution in [1.29, 1.82) is 0 Å². The van der Waals surface area contributed by atoms with Crippen LogP contribution >= 0.6 is 0 Å². The number of amides is 1. The number of fused-ring (bicyclic) bond motifs is 2. The normalized spacial score (nSPS) is 13.4. The van der Waals surface area contributed by atoms with Crippen LogP contribution in [0.1, 0.15) is 17.0 Å². The van der Waals surface area contributed by atoms with Crippen molar-refractivity contribution < 1.29 is 13.2 Å². The monoisotopic (exact) mass is 464 g/mol. The van der Waals surface area contributed by atoms with Gasteiger partial charge in [-0.3, -0.25) is 9.10 Å². The third-order valence-corrected chi connectivity index (χ3v) is 7.40. The van der Waals surface area contributed by atoms with Crippen molar-refractivity contribution in [2.24, 2.45) is 0 Å². The topological polar surface area (TPSA) is 113 Å². The molecule has 0 bridgehead atoms. The SMILES string of the molecule is Cc1ccc2nc(CCNC(=O)Cn3cnc(S(=O)(=O)N4CCc5ccccc54)c3)[nH]c2c1. The molecule has 0 fully saturated rings. The molecule has 0 atom stereocenters. The standard InChI is InChI=1S/C23H24N6O3S/c1-16-6-7-18-19(12-16)27-21(26-18)8-10-24-22(30)13-28-14-23(25-15-28)33(31,32)29-11-9-17-4-2-3-5-20(17)29/h2-7,12,14-15H,8-11,13H2,1H3,(H,24,30)(H,26,27). The zero-order valence-corrected chi connectivity index (χ0v) is 19.0. The predicted octanol–water partition coefficient (Wildman–Crippen LogP) is 2.18. The highest BCUT2D eigenvalue weighted by molar-refractivity contribution is 7.92. The molecule has 5 rings (SSSR count). The average molecular weight is 465 g/mol. The molecule has 3 heterocycles. The van der Waals surface area contributed by atoms with E-state index in [1.54, 1.807) is 6.07 Å². The van der Waals surface area contributed by atoms with Crippen LogP contribution in [0.25, 0.3) is 11.0 Å². The first kappa shape index (κ1) is 21.2. The Morgan fingerprint density at radius 3 is 2.94 bits per heavy atom. The first-order valence-corrected chi connectivity index (χ1v) is 12.2. The maximum Gasteiger partial charge on any atom is 0.283 e. The second kappa shape index (κ2) is 8.36. The van der Waals surface area contributed by atoms with Crippen molar-refractivity contribution in [3.05, 3.63) is 71.9 Å². The van der Waals surface area contributed by atoms with E-state index >= 15 is 0 Å². The number of aromatic amines is 1. The van der Waals surface area contributed by atoms with E-state index < -0.39 is 10.0 Å². The lowest BCUT2D eigenvalue weighted by molar-refractivity contribution is -0.121. The molecule has 2 aromatic heterocycles. The maximum absolute atomic E-state index is 13.1. The Balaban J connectivity index is 1.18. The first-order valence-electron chi connectivity index (χ1n) is 10.7. The van der Waals surface area contributed by atoms with Crippen molar-refractivity contribution in [2.45, 2.75) is 31.3 Å². The maximum atomic E-state index is 13.1. The van der Waals surface area contributed by atoms with Gasteiger partial charge in [0.15, 0.2) is 5.03 Å². The van der Waals surface area contributed by atoms with Crippen LogP contribution in [0.3, 0.4) is 0 Å². The minimum Gasteiger partial charge on any atom is -0.354 e. The predicted molar refractivity (Wildman–Crippen MR) is 124 cm³/mol. The molecule has 10 heteroatoms. The molecule has 2 N–H and O–H groups in total. The van der Waals surface area contributed by atoms with Crippen molar-refractivity contribution in [1.82, 2.24) is 24.8 Å². The second-order valence-electron chi connectivity index (χ2n) is 8.14. The molecule has 2 aromatic carbocycles. The lowest BCUT2D eigenvalue weighted by atomic mass is 10.2. The fourth-order valence-electron chi connectivity index (χ4n) is 4.07. The lowest BCUT2D eigenvalue weighted by Crippen LogP contribution is -2.30. The van der Waals surface area contributed by atoms with E-state index in [0.717, 1.165) is 28.0 Å². The van der Waals surface area contributed by atoms with E-state index in [0.29, 0.717) is 31.6 Å². The quantitative estimate of drug-likeness (QED) is 0.435. The van der Waals surface area contributed by atoms with Gasteiger partial charge < -0.3 is 14.9 Å². The Morgan fingerprint density at radius 1 is 1.21 bits per heavy atom. The Hall–Kier alpha value is -3.66. The van der Waals surface area contributed by atoms with Crippen LogP contribution in [0, 0.1) is 6.92 Å². The van der Waals surface area contributed by atoms with Crippen molar-refractivity contribution in [3.8, 4) is 0 Å². The van der Waals surface area contributed by atoms with Crippen LogP contribution in [0.5, 0.6) is 0 Å². The van der Waals surface area contributed by atoms with E-state index in [9.17, 15) is 13.2 Å². The van der Waals surface area contributed by atoms with Crippen molar-refractivity contribution in [3.63, 3.8) is 0 Å². The molecule has 170 valence electrons. The highest BCUT2D eigenvalue weighted by atomic mass is 32.2. The zero-order chi connectivity index (χ0) is 23.0. The second-order valence-corrected chi connectivity index (χ2v) is 9.95. The van der Waals surface area contributed by atoms with Gasteiger partial charge in [-0.15, -0.1) is 0 Å². The van der Waals surface area contributed by atoms with Gasteiger partial charge >= 0.3 is 0 Å². The summed E-state index contributed by atoms with van der Waals surface area (Å²) < 4.78 is 29.0. The van der Waals surface area contributed by atoms with Crippen molar-refractivity contribution >= 4 is 32.7 Å². The molecule has 9 nitrogen and oxygen atoms in total. The number of carbonyl (C=O) groups is 1. The lowest BCUT2D eigenvalue weighted by Gasteiger charge is -2.17. The summed E-state index contributed by atoms with van der Waals surface area (Å²) in [6.45, 7) is 2.81. The molecule has 0 aliphatic carbocycles. The number of aryl methyl sites for hydroxylation is 1. The number of anilines is 1. The van der Waals surface area contributed by atoms with Gasteiger partial charge in [0.1, 0.15) is 12.4 Å². The average Bonchev–Trinajstić information content (AvgIpc) is 3.51. The first-order chi connectivity index (χ1) is 15.9. The third-order valence-electron chi connectivity index (χ3n) is 5.71. The van der Waals surface area contributed by atoms with Crippen LogP contribution in [0.2, 0.25) is 0 Å². The van der Waals surface area contributed by atoms with E-state index in [1.807, 2.05) is 43.3 Å². The summed E-state index contributed by atoms with van der Waals surface area (Å²) in [4.78, 5) is 24.2. The summed E-state index contributed by atoms with van der Waals surface area (Å²) in [7, 11) is -3.78. The summed E-state index contributed by atoms with van der Waals surface area (Å²) in [5.74, 6) is 0.577. The van der Waals surface area contributed by atoms with Gasteiger partial charge in [-0.05, 0) is 42.7 Å². The Kier molecular flexibility index (Phi) is 5.37. The Bertz CT molecular complexity index is 1440. The molecule has 1 aliphatic rings. The number of aromatic nitrogens is 4. The molecule has 0 saturated carbocycles. The van der Waals surface area contributed by atoms with E-state index in [4.69, 9.17) is 0 Å². The Morgan fingerprint density at radius 2 is 2.06 bits per heavy atom. The van der Waals surface area contributed by atoms with Crippen LogP contribution in [-0.4, -0.2) is 46.9 Å². The van der Waals surface area contributed by atoms with Gasteiger partial charge in [0.25, 0.3) is 10.0 Å². The van der Waals surface area contributed by atoms with Gasteiger partial charge in [0, 0.05) is 25.7 Å². The number of para-hydroxylation sites is 1. The number of imidazole rings is 2. The number of H-pyrrole nitrogens is 1. The number of nitrogens with zero attached hydrogens (tertiary/aromatic N) is 4. The third kappa shape index (κ3) is 4.21. The molecule has 0 unspecified atom stereocenters. The van der Waals surface area contributed by atoms with Crippen LogP contribution < -0.4 is 9.62 Å². The molecule has 1 aliphatic heterocycles. The number of hydrogen-bond acceptors (Lipinski definition) is 5. The molecule has 0 spiro atoms. The van der Waals surface area contributed by atoms with Gasteiger partial charge in [-0.1, -0.05) is 24.3 Å². The molecule has 0 radical (unpaired) electrons. The number of nitrogens with one attached hydrogen (secondary N) is 2. The van der Waals surface area contributed by atoms with Crippen LogP contribution in [0.4, 0.5) is 5.69 Å². The summed E-state index contributed by atoms with van der Waals surface area (Å²) in [5, 5.41) is 2.78. The fraction of sp³-hybridized carbons (Fsp3) is 0.261. The smallest absolute Gasteiger partial charge is 0.283 e. The molecule has 0 saturated heterocycles. The number of sulfonamides is 1. The highest BCUT2D eigenvalue weighted by Gasteiger charge is 2.32. The molecule has 33 heavy (non-hydrogen) atoms. The molecule has 1 amide bonds. The highest BCUT2D eigenvalue weighted by Crippen LogP contribution is 2.32. The van der Waals surface area contributed by atoms with Crippen LogP contribution in [0.15, 0.2) is 60.0 Å². The minimum atomic E-state index is -3.78. The van der Waals surface area contributed by atoms with Gasteiger partial charge in [-0.25, -0.2) is 9.97 Å². The fourth-order valence-corrected chi connectivity index (χ4v) is 5.51. The molecular formula is C23H24N6O3S. The van der Waals surface area contributed by atoms with Gasteiger partial charge in [-0.2, -0.15) is 8.42 Å². The largest absolute Gasteiger partial charge is 0.354 e. The number of benzene rings is 2. The molecular weight excluding hydrogens is 440 g/mol. The number of hydrogen-bond donors (Lipinski definition) is 2. The van der Waals surface area contributed by atoms with Gasteiger partial charge in [0.2, 0.25) is 5.91 Å². The van der Waals surface area contributed by atoms with Crippen LogP contribution in [-0.2, 0) is 34.2 Å². The molecule has 4 aromatic rings. The van der Waals surface area contributed by atoms with E-state index in [-0.39, 0.29) is 17.5 Å². The van der Waals surface area contributed by atoms with Crippen molar-refractivity contribution in [2.75, 3.05) is 17.4 Å². The van der Waals surface area contributed by atoms with E-state index in [2.05, 4.69) is 20.3 Å². The number of carbonyl (C=O) groups excluding carboxylic acids is 1. The van der Waals surface area contributed by atoms with E-state index in [1.165, 1.54) is 21.4 Å².